The van der Waals surface area contributed by atoms with E-state index in [1.54, 1.807) is 0 Å². The van der Waals surface area contributed by atoms with Gasteiger partial charge in [-0.15, -0.1) is 0 Å². The Bertz CT molecular complexity index is 417. The van der Waals surface area contributed by atoms with E-state index in [9.17, 15) is 9.32 Å². The molecular formula is C17H33N3O2S. The van der Waals surface area contributed by atoms with Gasteiger partial charge in [0.05, 0.1) is 6.10 Å². The Hall–Kier alpha value is -0.620. The third-order valence-corrected chi connectivity index (χ3v) is 6.81. The molecular weight excluding hydrogens is 310 g/mol. The summed E-state index contributed by atoms with van der Waals surface area (Å²) in [6, 6.07) is 0.357. The molecule has 2 fully saturated rings. The molecule has 23 heavy (non-hydrogen) atoms. The summed E-state index contributed by atoms with van der Waals surface area (Å²) in [5.41, 5.74) is 0. The van der Waals surface area contributed by atoms with Crippen molar-refractivity contribution in [2.75, 3.05) is 18.8 Å². The average Bonchev–Trinajstić information content (AvgIpc) is 2.97. The molecule has 0 radical (unpaired) electrons. The van der Waals surface area contributed by atoms with Gasteiger partial charge in [-0.05, 0) is 39.0 Å². The molecule has 0 aromatic carbocycles. The molecule has 2 aliphatic carbocycles. The van der Waals surface area contributed by atoms with Crippen molar-refractivity contribution in [3.8, 4) is 0 Å². The highest BCUT2D eigenvalue weighted by atomic mass is 32.2. The predicted octanol–water partition coefficient (Wildman–Crippen LogP) is 1.78. The minimum Gasteiger partial charge on any atom is -0.393 e. The van der Waals surface area contributed by atoms with E-state index in [-0.39, 0.29) is 6.10 Å². The Balaban J connectivity index is 1.88. The van der Waals surface area contributed by atoms with Crippen LogP contribution in [0.15, 0.2) is 4.99 Å². The third kappa shape index (κ3) is 5.75. The summed E-state index contributed by atoms with van der Waals surface area (Å²) in [7, 11) is -0.696. The molecule has 2 saturated carbocycles. The molecule has 6 heteroatoms. The zero-order valence-electron chi connectivity index (χ0n) is 14.6. The van der Waals surface area contributed by atoms with Crippen LogP contribution in [0.3, 0.4) is 0 Å². The largest absolute Gasteiger partial charge is 0.393 e. The fraction of sp³-hybridized carbons (Fsp3) is 0.941. The van der Waals surface area contributed by atoms with Gasteiger partial charge in [0.25, 0.3) is 0 Å². The lowest BCUT2D eigenvalue weighted by Gasteiger charge is -2.30. The number of aliphatic imine (C=N–C) groups is 1. The summed E-state index contributed by atoms with van der Waals surface area (Å²) < 4.78 is 12.1. The Morgan fingerprint density at radius 3 is 2.65 bits per heavy atom. The molecule has 134 valence electrons. The van der Waals surface area contributed by atoms with Crippen molar-refractivity contribution in [2.45, 2.75) is 76.2 Å². The summed E-state index contributed by atoms with van der Waals surface area (Å²) in [6.45, 7) is 5.59. The number of guanidine groups is 1. The molecule has 5 nitrogen and oxygen atoms in total. The van der Waals surface area contributed by atoms with Crippen LogP contribution in [-0.4, -0.2) is 51.5 Å². The fourth-order valence-corrected chi connectivity index (χ4v) is 5.05. The van der Waals surface area contributed by atoms with Gasteiger partial charge in [0.1, 0.15) is 0 Å². The first-order valence-corrected chi connectivity index (χ1v) is 10.6. The molecule has 0 amide bonds. The summed E-state index contributed by atoms with van der Waals surface area (Å²) in [5, 5.41) is 17.1. The number of rotatable bonds is 6. The molecule has 5 atom stereocenters. The van der Waals surface area contributed by atoms with Crippen LogP contribution in [0.5, 0.6) is 0 Å². The van der Waals surface area contributed by atoms with Gasteiger partial charge in [0, 0.05) is 46.9 Å². The zero-order chi connectivity index (χ0) is 16.7. The van der Waals surface area contributed by atoms with Crippen LogP contribution in [0.2, 0.25) is 0 Å². The standard InChI is InChI=1S/C17H33N3O2S/c1-3-18-17(19-12-13-7-5-10-16(13)21)20-14-8-6-9-15(11-14)23(22)4-2/h13-16,21H,3-12H2,1-2H3,(H2,18,19,20). The number of nitrogens with zero attached hydrogens (tertiary/aromatic N) is 1. The predicted molar refractivity (Wildman–Crippen MR) is 97.2 cm³/mol. The Morgan fingerprint density at radius 2 is 2.00 bits per heavy atom. The molecule has 0 bridgehead atoms. The van der Waals surface area contributed by atoms with E-state index in [1.165, 1.54) is 0 Å². The van der Waals surface area contributed by atoms with Crippen LogP contribution < -0.4 is 10.6 Å². The SMILES string of the molecule is CCNC(=NCC1CCCC1O)NC1CCCC(S(=O)CC)C1. The van der Waals surface area contributed by atoms with Crippen molar-refractivity contribution in [3.05, 3.63) is 0 Å². The Kier molecular flexibility index (Phi) is 7.83. The zero-order valence-corrected chi connectivity index (χ0v) is 15.4. The monoisotopic (exact) mass is 343 g/mol. The van der Waals surface area contributed by atoms with E-state index in [1.807, 2.05) is 6.92 Å². The maximum atomic E-state index is 12.1. The molecule has 0 aromatic rings. The normalized spacial score (nSPS) is 33.4. The average molecular weight is 344 g/mol. The van der Waals surface area contributed by atoms with Gasteiger partial charge in [-0.3, -0.25) is 9.20 Å². The van der Waals surface area contributed by atoms with Gasteiger partial charge in [-0.1, -0.05) is 19.8 Å². The second-order valence-electron chi connectivity index (χ2n) is 6.78. The van der Waals surface area contributed by atoms with E-state index in [4.69, 9.17) is 0 Å². The topological polar surface area (TPSA) is 73.7 Å². The van der Waals surface area contributed by atoms with Gasteiger partial charge in [0.2, 0.25) is 0 Å². The minimum absolute atomic E-state index is 0.187. The quantitative estimate of drug-likeness (QED) is 0.508. The van der Waals surface area contributed by atoms with Crippen LogP contribution in [-0.2, 0) is 10.8 Å². The second-order valence-corrected chi connectivity index (χ2v) is 8.78. The lowest BCUT2D eigenvalue weighted by molar-refractivity contribution is 0.136. The van der Waals surface area contributed by atoms with Crippen LogP contribution in [0.4, 0.5) is 0 Å². The number of nitrogens with one attached hydrogen (secondary N) is 2. The molecule has 0 aromatic heterocycles. The minimum atomic E-state index is -0.696. The van der Waals surface area contributed by atoms with E-state index >= 15 is 0 Å². The number of hydrogen-bond donors (Lipinski definition) is 3. The second kappa shape index (κ2) is 9.62. The van der Waals surface area contributed by atoms with Crippen LogP contribution in [0.1, 0.15) is 58.8 Å². The summed E-state index contributed by atoms with van der Waals surface area (Å²) in [5.74, 6) is 1.90. The summed E-state index contributed by atoms with van der Waals surface area (Å²) in [6.07, 6.45) is 7.22. The van der Waals surface area contributed by atoms with Gasteiger partial charge in [-0.25, -0.2) is 0 Å². The summed E-state index contributed by atoms with van der Waals surface area (Å²) in [4.78, 5) is 4.69. The molecule has 5 unspecified atom stereocenters. The van der Waals surface area contributed by atoms with E-state index in [0.717, 1.165) is 63.2 Å². The highest BCUT2D eigenvalue weighted by molar-refractivity contribution is 7.85. The van der Waals surface area contributed by atoms with Gasteiger partial charge in [-0.2, -0.15) is 0 Å². The van der Waals surface area contributed by atoms with Crippen LogP contribution >= 0.6 is 0 Å². The molecule has 0 spiro atoms. The highest BCUT2D eigenvalue weighted by Gasteiger charge is 2.27. The first kappa shape index (κ1) is 18.7. The van der Waals surface area contributed by atoms with Gasteiger partial charge in [0.15, 0.2) is 5.96 Å². The smallest absolute Gasteiger partial charge is 0.191 e. The van der Waals surface area contributed by atoms with Gasteiger partial charge < -0.3 is 15.7 Å². The maximum absolute atomic E-state index is 12.1. The van der Waals surface area contributed by atoms with E-state index in [2.05, 4.69) is 22.5 Å². The lowest BCUT2D eigenvalue weighted by Crippen LogP contribution is -2.47. The van der Waals surface area contributed by atoms with Crippen LogP contribution in [0, 0.1) is 5.92 Å². The summed E-state index contributed by atoms with van der Waals surface area (Å²) >= 11 is 0. The first-order valence-electron chi connectivity index (χ1n) is 9.24. The van der Waals surface area contributed by atoms with E-state index < -0.39 is 10.8 Å². The molecule has 2 rings (SSSR count). The van der Waals surface area contributed by atoms with Crippen molar-refractivity contribution in [1.29, 1.82) is 0 Å². The number of aliphatic hydroxyl groups is 1. The first-order chi connectivity index (χ1) is 11.1. The van der Waals surface area contributed by atoms with Crippen molar-refractivity contribution >= 4 is 16.8 Å². The van der Waals surface area contributed by atoms with Crippen molar-refractivity contribution in [1.82, 2.24) is 10.6 Å². The van der Waals surface area contributed by atoms with Crippen molar-refractivity contribution < 1.29 is 9.32 Å². The fourth-order valence-electron chi connectivity index (χ4n) is 3.70. The third-order valence-electron chi connectivity index (χ3n) is 5.07. The molecule has 0 saturated heterocycles. The highest BCUT2D eigenvalue weighted by Crippen LogP contribution is 2.26. The Labute approximate surface area is 143 Å². The Morgan fingerprint density at radius 1 is 1.22 bits per heavy atom. The van der Waals surface area contributed by atoms with Gasteiger partial charge >= 0.3 is 0 Å². The molecule has 2 aliphatic rings. The van der Waals surface area contributed by atoms with Crippen molar-refractivity contribution in [3.63, 3.8) is 0 Å². The molecule has 0 aliphatic heterocycles. The maximum Gasteiger partial charge on any atom is 0.191 e. The number of hydrogen-bond acceptors (Lipinski definition) is 3. The lowest BCUT2D eigenvalue weighted by atomic mass is 9.95. The molecule has 0 heterocycles. The van der Waals surface area contributed by atoms with Crippen molar-refractivity contribution in [2.24, 2.45) is 10.9 Å². The van der Waals surface area contributed by atoms with Crippen LogP contribution in [0.25, 0.3) is 0 Å². The molecule has 3 N–H and O–H groups in total. The van der Waals surface area contributed by atoms with E-state index in [0.29, 0.717) is 23.8 Å². The number of aliphatic hydroxyl groups excluding tert-OH is 1.